The molecule has 13 heavy (non-hydrogen) atoms. The van der Waals surface area contributed by atoms with Crippen LogP contribution in [0.25, 0.3) is 0 Å². The highest BCUT2D eigenvalue weighted by atomic mass is 35.5. The van der Waals surface area contributed by atoms with Crippen LogP contribution < -0.4 is 0 Å². The van der Waals surface area contributed by atoms with Crippen molar-refractivity contribution in [3.63, 3.8) is 0 Å². The maximum absolute atomic E-state index is 10.8. The summed E-state index contributed by atoms with van der Waals surface area (Å²) in [6.07, 6.45) is 0.217. The zero-order chi connectivity index (χ0) is 9.14. The molecule has 1 aromatic rings. The quantitative estimate of drug-likeness (QED) is 0.432. The highest BCUT2D eigenvalue weighted by molar-refractivity contribution is 6.42. The van der Waals surface area contributed by atoms with Gasteiger partial charge in [-0.05, 0) is 18.2 Å². The number of carbonyl (C=O) groups is 2. The molecule has 0 aliphatic heterocycles. The van der Waals surface area contributed by atoms with Crippen LogP contribution >= 0.6 is 23.2 Å². The van der Waals surface area contributed by atoms with Gasteiger partial charge in [0.05, 0.1) is 5.02 Å². The van der Waals surface area contributed by atoms with Crippen LogP contribution in [0.2, 0.25) is 10.0 Å². The summed E-state index contributed by atoms with van der Waals surface area (Å²) in [4.78, 5) is 21.0. The van der Waals surface area contributed by atoms with E-state index >= 15 is 0 Å². The number of hydrogen-bond donors (Lipinski definition) is 0. The average molecular weight is 221 g/mol. The van der Waals surface area contributed by atoms with E-state index in [2.05, 4.69) is 0 Å². The topological polar surface area (TPSA) is 65.6 Å². The van der Waals surface area contributed by atoms with E-state index in [1.165, 1.54) is 18.2 Å². The van der Waals surface area contributed by atoms with Gasteiger partial charge >= 0.3 is 0 Å². The Morgan fingerprint density at radius 1 is 1.31 bits per heavy atom. The van der Waals surface area contributed by atoms with Gasteiger partial charge in [0.2, 0.25) is 5.78 Å². The Kier molecular flexibility index (Phi) is 4.62. The summed E-state index contributed by atoms with van der Waals surface area (Å²) in [5, 5.41) is 0.627. The number of hydrogen-bond acceptors (Lipinski definition) is 2. The van der Waals surface area contributed by atoms with Gasteiger partial charge in [0.25, 0.3) is 0 Å². The van der Waals surface area contributed by atoms with E-state index in [-0.39, 0.29) is 22.3 Å². The maximum atomic E-state index is 10.8. The van der Waals surface area contributed by atoms with Crippen LogP contribution in [-0.2, 0) is 4.79 Å². The Labute approximate surface area is 84.6 Å². The lowest BCUT2D eigenvalue weighted by Crippen LogP contribution is -2.00. The molecular weight excluding hydrogens is 215 g/mol. The number of ketones is 1. The second kappa shape index (κ2) is 4.97. The molecule has 0 aliphatic rings. The van der Waals surface area contributed by atoms with Crippen molar-refractivity contribution in [2.24, 2.45) is 0 Å². The zero-order valence-electron chi connectivity index (χ0n) is 6.38. The molecule has 0 aromatic heterocycles. The van der Waals surface area contributed by atoms with E-state index in [0.717, 1.165) is 0 Å². The van der Waals surface area contributed by atoms with Gasteiger partial charge in [-0.2, -0.15) is 0 Å². The monoisotopic (exact) mass is 220 g/mol. The number of halogens is 2. The average Bonchev–Trinajstić information content (AvgIpc) is 2.03. The van der Waals surface area contributed by atoms with Gasteiger partial charge in [0, 0.05) is 10.6 Å². The van der Waals surface area contributed by atoms with Crippen LogP contribution in [0.3, 0.4) is 0 Å². The van der Waals surface area contributed by atoms with Gasteiger partial charge in [0.1, 0.15) is 0 Å². The summed E-state index contributed by atoms with van der Waals surface area (Å²) in [6, 6.07) is 4.34. The number of rotatable bonds is 2. The Bertz CT molecular complexity index is 336. The molecule has 0 amide bonds. The van der Waals surface area contributed by atoms with Gasteiger partial charge in [-0.15, -0.1) is 0 Å². The number of Topliss-reactive ketones (excluding diaryl/α,β-unsaturated/α-hetero) is 1. The summed E-state index contributed by atoms with van der Waals surface area (Å²) in [7, 11) is 0. The molecular formula is C8H6Cl2O3. The molecule has 0 unspecified atom stereocenters. The zero-order valence-corrected chi connectivity index (χ0v) is 7.89. The van der Waals surface area contributed by atoms with E-state index in [4.69, 9.17) is 23.2 Å². The normalized spacial score (nSPS) is 8.77. The van der Waals surface area contributed by atoms with Gasteiger partial charge in [-0.3, -0.25) is 9.59 Å². The highest BCUT2D eigenvalue weighted by Crippen LogP contribution is 2.20. The van der Waals surface area contributed by atoms with Crippen LogP contribution in [0.5, 0.6) is 0 Å². The fraction of sp³-hybridized carbons (Fsp3) is 0. The van der Waals surface area contributed by atoms with Crippen molar-refractivity contribution in [2.45, 2.75) is 0 Å². The van der Waals surface area contributed by atoms with Gasteiger partial charge in [-0.1, -0.05) is 23.2 Å². The summed E-state index contributed by atoms with van der Waals surface area (Å²) < 4.78 is 0. The van der Waals surface area contributed by atoms with Crippen molar-refractivity contribution in [3.05, 3.63) is 33.8 Å². The molecule has 0 fully saturated rings. The number of aldehydes is 1. The van der Waals surface area contributed by atoms with Crippen molar-refractivity contribution in [3.8, 4) is 0 Å². The first kappa shape index (κ1) is 12.1. The first-order valence-corrected chi connectivity index (χ1v) is 3.85. The lowest BCUT2D eigenvalue weighted by atomic mass is 10.1. The molecule has 0 heterocycles. The van der Waals surface area contributed by atoms with E-state index in [9.17, 15) is 9.59 Å². The van der Waals surface area contributed by atoms with E-state index in [0.29, 0.717) is 5.02 Å². The van der Waals surface area contributed by atoms with E-state index in [1.54, 1.807) is 0 Å². The standard InChI is InChI=1S/C8H4Cl2O2.H2O/c9-5-1-2-6(7(10)3-5)8(12)4-11;/h1-4H;1H2. The Morgan fingerprint density at radius 3 is 2.38 bits per heavy atom. The fourth-order valence-corrected chi connectivity index (χ4v) is 1.25. The van der Waals surface area contributed by atoms with Crippen LogP contribution in [0.4, 0.5) is 0 Å². The van der Waals surface area contributed by atoms with Gasteiger partial charge in [-0.25, -0.2) is 0 Å². The third kappa shape index (κ3) is 2.81. The van der Waals surface area contributed by atoms with Crippen molar-refractivity contribution < 1.29 is 15.1 Å². The van der Waals surface area contributed by atoms with Crippen LogP contribution in [0.1, 0.15) is 10.4 Å². The number of benzene rings is 1. The molecule has 0 bridgehead atoms. The molecule has 0 saturated heterocycles. The third-order valence-electron chi connectivity index (χ3n) is 1.30. The minimum absolute atomic E-state index is 0. The maximum Gasteiger partial charge on any atom is 0.226 e. The lowest BCUT2D eigenvalue weighted by Gasteiger charge is -1.97. The van der Waals surface area contributed by atoms with E-state index < -0.39 is 5.78 Å². The molecule has 5 heteroatoms. The smallest absolute Gasteiger partial charge is 0.226 e. The SMILES string of the molecule is O.O=CC(=O)c1ccc(Cl)cc1Cl. The molecule has 0 atom stereocenters. The Morgan fingerprint density at radius 2 is 1.92 bits per heavy atom. The summed E-state index contributed by atoms with van der Waals surface area (Å²) in [5.74, 6) is -0.642. The third-order valence-corrected chi connectivity index (χ3v) is 1.85. The molecule has 0 spiro atoms. The van der Waals surface area contributed by atoms with Crippen LogP contribution in [0.15, 0.2) is 18.2 Å². The highest BCUT2D eigenvalue weighted by Gasteiger charge is 2.08. The molecule has 2 N–H and O–H groups in total. The first-order valence-electron chi connectivity index (χ1n) is 3.09. The lowest BCUT2D eigenvalue weighted by molar-refractivity contribution is -0.104. The number of carbonyl (C=O) groups excluding carboxylic acids is 2. The van der Waals surface area contributed by atoms with Crippen molar-refractivity contribution >= 4 is 35.3 Å². The molecule has 0 aliphatic carbocycles. The van der Waals surface area contributed by atoms with Gasteiger partial charge < -0.3 is 5.48 Å². The second-order valence-electron chi connectivity index (χ2n) is 2.11. The van der Waals surface area contributed by atoms with E-state index in [1.807, 2.05) is 0 Å². The summed E-state index contributed by atoms with van der Waals surface area (Å²) in [6.45, 7) is 0. The second-order valence-corrected chi connectivity index (χ2v) is 2.95. The van der Waals surface area contributed by atoms with Crippen LogP contribution in [0, 0.1) is 0 Å². The predicted octanol–water partition coefficient (Wildman–Crippen LogP) is 1.55. The van der Waals surface area contributed by atoms with Gasteiger partial charge in [0.15, 0.2) is 6.29 Å². The van der Waals surface area contributed by atoms with Crippen LogP contribution in [-0.4, -0.2) is 17.5 Å². The summed E-state index contributed by atoms with van der Waals surface area (Å²) >= 11 is 11.2. The minimum atomic E-state index is -0.642. The Balaban J connectivity index is 0.00000144. The molecule has 70 valence electrons. The Hall–Kier alpha value is -0.900. The first-order chi connectivity index (χ1) is 5.65. The molecule has 1 aromatic carbocycles. The van der Waals surface area contributed by atoms with Crippen molar-refractivity contribution in [2.75, 3.05) is 0 Å². The molecule has 0 radical (unpaired) electrons. The minimum Gasteiger partial charge on any atom is -0.412 e. The summed E-state index contributed by atoms with van der Waals surface area (Å²) in [5.41, 5.74) is 0.177. The van der Waals surface area contributed by atoms with Crippen molar-refractivity contribution in [1.29, 1.82) is 0 Å². The largest absolute Gasteiger partial charge is 0.412 e. The fourth-order valence-electron chi connectivity index (χ4n) is 0.753. The van der Waals surface area contributed by atoms with Crippen molar-refractivity contribution in [1.82, 2.24) is 0 Å². The predicted molar refractivity (Wildman–Crippen MR) is 50.5 cm³/mol. The molecule has 3 nitrogen and oxygen atoms in total. The molecule has 0 saturated carbocycles. The molecule has 1 rings (SSSR count).